The molecule has 6 atom stereocenters. The Kier molecular flexibility index (Phi) is 6.83. The Morgan fingerprint density at radius 3 is 2.14 bits per heavy atom. The average molecular weight is 494 g/mol. The first-order valence-corrected chi connectivity index (χ1v) is 10.5. The maximum Gasteiger partial charge on any atom is 0.228 e. The highest BCUT2D eigenvalue weighted by Crippen LogP contribution is 2.47. The van der Waals surface area contributed by atoms with Crippen LogP contribution in [0.15, 0.2) is 30.0 Å². The summed E-state index contributed by atoms with van der Waals surface area (Å²) in [5, 5.41) is 70.6. The Bertz CT molecular complexity index is 1090. The predicted octanol–water partition coefficient (Wildman–Crippen LogP) is 0.112. The van der Waals surface area contributed by atoms with Gasteiger partial charge in [-0.3, -0.25) is 0 Å². The SMILES string of the molecule is COc1cc(C2Oc3cc(O)cc(O)c3C=C2O[C@@H]2O[C@H](CO)[C@H](O)[C@H](O)[C@H]2O)cc(OC)c1O. The molecule has 35 heavy (non-hydrogen) atoms. The van der Waals surface area contributed by atoms with Gasteiger partial charge in [-0.2, -0.15) is 0 Å². The highest BCUT2D eigenvalue weighted by molar-refractivity contribution is 5.70. The third-order valence-electron chi connectivity index (χ3n) is 5.80. The minimum Gasteiger partial charge on any atom is -0.508 e. The summed E-state index contributed by atoms with van der Waals surface area (Å²) >= 11 is 0. The fraction of sp³-hybridized carbons (Fsp3) is 0.391. The molecule has 0 bridgehead atoms. The third-order valence-corrected chi connectivity index (χ3v) is 5.80. The molecule has 1 fully saturated rings. The molecule has 0 spiro atoms. The van der Waals surface area contributed by atoms with Crippen LogP contribution in [0, 0.1) is 0 Å². The number of hydrogen-bond donors (Lipinski definition) is 7. The van der Waals surface area contributed by atoms with E-state index in [2.05, 4.69) is 0 Å². The van der Waals surface area contributed by atoms with Gasteiger partial charge in [0.25, 0.3) is 0 Å². The molecule has 2 heterocycles. The van der Waals surface area contributed by atoms with Gasteiger partial charge in [-0.25, -0.2) is 0 Å². The van der Waals surface area contributed by atoms with Crippen molar-refractivity contribution < 1.29 is 59.4 Å². The Morgan fingerprint density at radius 1 is 0.886 bits per heavy atom. The van der Waals surface area contributed by atoms with E-state index >= 15 is 0 Å². The summed E-state index contributed by atoms with van der Waals surface area (Å²) in [6.07, 6.45) is -7.43. The van der Waals surface area contributed by atoms with Gasteiger partial charge in [0.05, 0.1) is 26.4 Å². The fourth-order valence-corrected chi connectivity index (χ4v) is 3.94. The zero-order valence-corrected chi connectivity index (χ0v) is 18.7. The van der Waals surface area contributed by atoms with E-state index in [1.807, 2.05) is 0 Å². The van der Waals surface area contributed by atoms with Crippen LogP contribution in [0.3, 0.4) is 0 Å². The molecule has 0 saturated carbocycles. The summed E-state index contributed by atoms with van der Waals surface area (Å²) in [7, 11) is 2.68. The number of benzene rings is 2. The van der Waals surface area contributed by atoms with Crippen LogP contribution in [0.5, 0.6) is 34.5 Å². The molecule has 2 aliphatic heterocycles. The third kappa shape index (κ3) is 4.49. The standard InChI is InChI=1S/C23H26O12/c1-31-14-3-9(4-15(32-2)18(14)27)22-16(7-11-12(26)5-10(25)6-13(11)33-22)34-23-21(30)20(29)19(28)17(8-24)35-23/h3-7,17,19-30H,8H2,1-2H3/t17-,19+,20+,21-,22?,23-/m1/s1. The molecule has 0 amide bonds. The van der Waals surface area contributed by atoms with Crippen molar-refractivity contribution in [1.82, 2.24) is 0 Å². The zero-order valence-electron chi connectivity index (χ0n) is 18.7. The number of fused-ring (bicyclic) bond motifs is 1. The van der Waals surface area contributed by atoms with Crippen LogP contribution in [0.2, 0.25) is 0 Å². The Morgan fingerprint density at radius 2 is 1.54 bits per heavy atom. The summed E-state index contributed by atoms with van der Waals surface area (Å²) < 4.78 is 27.7. The van der Waals surface area contributed by atoms with Gasteiger partial charge >= 0.3 is 0 Å². The molecule has 2 aromatic rings. The second kappa shape index (κ2) is 9.68. The highest BCUT2D eigenvalue weighted by atomic mass is 16.7. The van der Waals surface area contributed by atoms with Gasteiger partial charge in [-0.1, -0.05) is 0 Å². The Hall–Kier alpha value is -3.42. The second-order valence-corrected chi connectivity index (χ2v) is 8.01. The number of phenolic OH excluding ortho intramolecular Hbond substituents is 3. The van der Waals surface area contributed by atoms with Crippen molar-refractivity contribution in [3.05, 3.63) is 41.2 Å². The molecule has 190 valence electrons. The monoisotopic (exact) mass is 494 g/mol. The van der Waals surface area contributed by atoms with Crippen molar-refractivity contribution in [2.45, 2.75) is 36.8 Å². The van der Waals surface area contributed by atoms with E-state index in [0.717, 1.165) is 6.07 Å². The first-order chi connectivity index (χ1) is 16.7. The maximum atomic E-state index is 10.4. The molecule has 2 aliphatic rings. The summed E-state index contributed by atoms with van der Waals surface area (Å²) in [6.45, 7) is -0.654. The van der Waals surface area contributed by atoms with Crippen LogP contribution >= 0.6 is 0 Å². The van der Waals surface area contributed by atoms with E-state index in [0.29, 0.717) is 5.56 Å². The Balaban J connectivity index is 1.79. The summed E-state index contributed by atoms with van der Waals surface area (Å²) in [4.78, 5) is 0. The van der Waals surface area contributed by atoms with Crippen molar-refractivity contribution in [3.63, 3.8) is 0 Å². The summed E-state index contributed by atoms with van der Waals surface area (Å²) in [5.74, 6) is -0.649. The van der Waals surface area contributed by atoms with E-state index < -0.39 is 43.4 Å². The van der Waals surface area contributed by atoms with Crippen LogP contribution in [-0.2, 0) is 9.47 Å². The molecule has 1 unspecified atom stereocenters. The predicted molar refractivity (Wildman–Crippen MR) is 117 cm³/mol. The molecule has 0 radical (unpaired) electrons. The van der Waals surface area contributed by atoms with E-state index in [-0.39, 0.29) is 45.8 Å². The quantitative estimate of drug-likeness (QED) is 0.288. The number of methoxy groups -OCH3 is 2. The molecule has 0 aliphatic carbocycles. The van der Waals surface area contributed by atoms with E-state index in [9.17, 15) is 35.7 Å². The summed E-state index contributed by atoms with van der Waals surface area (Å²) in [6, 6.07) is 5.26. The number of aliphatic hydroxyl groups is 4. The van der Waals surface area contributed by atoms with Crippen molar-refractivity contribution in [1.29, 1.82) is 0 Å². The molecule has 12 nitrogen and oxygen atoms in total. The number of hydrogen-bond acceptors (Lipinski definition) is 12. The van der Waals surface area contributed by atoms with Gasteiger partial charge in [-0.15, -0.1) is 0 Å². The lowest BCUT2D eigenvalue weighted by molar-refractivity contribution is -0.293. The molecule has 4 rings (SSSR count). The lowest BCUT2D eigenvalue weighted by atomic mass is 9.98. The normalized spacial score (nSPS) is 27.9. The lowest BCUT2D eigenvalue weighted by Gasteiger charge is -2.41. The van der Waals surface area contributed by atoms with Gasteiger partial charge in [0.15, 0.2) is 17.6 Å². The van der Waals surface area contributed by atoms with Gasteiger partial charge in [0, 0.05) is 17.7 Å². The Labute approximate surface area is 199 Å². The van der Waals surface area contributed by atoms with Crippen LogP contribution < -0.4 is 14.2 Å². The second-order valence-electron chi connectivity index (χ2n) is 8.01. The van der Waals surface area contributed by atoms with Crippen molar-refractivity contribution in [3.8, 4) is 34.5 Å². The van der Waals surface area contributed by atoms with Gasteiger partial charge in [0.2, 0.25) is 12.0 Å². The molecule has 1 saturated heterocycles. The lowest BCUT2D eigenvalue weighted by Crippen LogP contribution is -2.59. The van der Waals surface area contributed by atoms with E-state index in [1.165, 1.54) is 38.5 Å². The molecule has 0 aromatic heterocycles. The van der Waals surface area contributed by atoms with Crippen LogP contribution in [0.1, 0.15) is 17.2 Å². The number of aromatic hydroxyl groups is 3. The van der Waals surface area contributed by atoms with E-state index in [1.54, 1.807) is 0 Å². The minimum absolute atomic E-state index is 0.0161. The smallest absolute Gasteiger partial charge is 0.228 e. The largest absolute Gasteiger partial charge is 0.508 e. The van der Waals surface area contributed by atoms with Crippen molar-refractivity contribution in [2.24, 2.45) is 0 Å². The van der Waals surface area contributed by atoms with Crippen LogP contribution in [0.4, 0.5) is 0 Å². The topological polar surface area (TPSA) is 188 Å². The highest BCUT2D eigenvalue weighted by Gasteiger charge is 2.46. The average Bonchev–Trinajstić information content (AvgIpc) is 2.84. The summed E-state index contributed by atoms with van der Waals surface area (Å²) in [5.41, 5.74) is 0.497. The van der Waals surface area contributed by atoms with Crippen molar-refractivity contribution >= 4 is 6.08 Å². The maximum absolute atomic E-state index is 10.4. The molecule has 2 aromatic carbocycles. The van der Waals surface area contributed by atoms with Crippen LogP contribution in [-0.4, -0.2) is 87.3 Å². The first-order valence-electron chi connectivity index (χ1n) is 10.5. The molecule has 7 N–H and O–H groups in total. The number of phenols is 3. The van der Waals surface area contributed by atoms with Gasteiger partial charge in [0.1, 0.15) is 47.4 Å². The van der Waals surface area contributed by atoms with Crippen molar-refractivity contribution in [2.75, 3.05) is 20.8 Å². The van der Waals surface area contributed by atoms with Crippen LogP contribution in [0.25, 0.3) is 6.08 Å². The fourth-order valence-electron chi connectivity index (χ4n) is 3.94. The first kappa shape index (κ1) is 24.7. The number of ether oxygens (including phenoxy) is 5. The number of aliphatic hydroxyl groups excluding tert-OH is 4. The van der Waals surface area contributed by atoms with Gasteiger partial charge < -0.3 is 59.4 Å². The van der Waals surface area contributed by atoms with Gasteiger partial charge in [-0.05, 0) is 18.2 Å². The zero-order chi connectivity index (χ0) is 25.4. The molecule has 12 heteroatoms. The minimum atomic E-state index is -1.70. The van der Waals surface area contributed by atoms with E-state index in [4.69, 9.17) is 23.7 Å². The molecular weight excluding hydrogens is 468 g/mol. The number of rotatable bonds is 6. The molecular formula is C23H26O12.